The number of nitrogens with one attached hydrogen (secondary N) is 1. The molecule has 102 valence electrons. The van der Waals surface area contributed by atoms with Gasteiger partial charge in [-0.25, -0.2) is 24.7 Å². The van der Waals surface area contributed by atoms with Gasteiger partial charge in [0.05, 0.1) is 5.69 Å². The van der Waals surface area contributed by atoms with Crippen molar-refractivity contribution in [3.8, 4) is 11.6 Å². The van der Waals surface area contributed by atoms with E-state index in [0.717, 1.165) is 17.8 Å². The number of hydrogen-bond acceptors (Lipinski definition) is 6. The molecule has 7 nitrogen and oxygen atoms in total. The highest BCUT2D eigenvalue weighted by molar-refractivity contribution is 5.88. The highest BCUT2D eigenvalue weighted by atomic mass is 16.4. The van der Waals surface area contributed by atoms with E-state index in [9.17, 15) is 9.90 Å². The summed E-state index contributed by atoms with van der Waals surface area (Å²) in [5.74, 6) is -0.441. The quantitative estimate of drug-likeness (QED) is 0.824. The van der Waals surface area contributed by atoms with Crippen LogP contribution in [-0.4, -0.2) is 37.6 Å². The Kier molecular flexibility index (Phi) is 3.11. The van der Waals surface area contributed by atoms with Crippen LogP contribution in [0.3, 0.4) is 0 Å². The van der Waals surface area contributed by atoms with Crippen LogP contribution in [0, 0.1) is 6.92 Å². The van der Waals surface area contributed by atoms with E-state index in [0.29, 0.717) is 24.4 Å². The molecule has 1 aliphatic rings. The van der Waals surface area contributed by atoms with Crippen LogP contribution < -0.4 is 5.32 Å². The topological polar surface area (TPSA) is 101 Å². The summed E-state index contributed by atoms with van der Waals surface area (Å²) < 4.78 is 0. The molecule has 0 spiro atoms. The highest BCUT2D eigenvalue weighted by Gasteiger charge is 2.22. The van der Waals surface area contributed by atoms with Crippen molar-refractivity contribution in [1.82, 2.24) is 25.3 Å². The molecule has 0 unspecified atom stereocenters. The predicted octanol–water partition coefficient (Wildman–Crippen LogP) is 0.586. The maximum atomic E-state index is 11.4. The van der Waals surface area contributed by atoms with E-state index in [1.54, 1.807) is 12.4 Å². The largest absolute Gasteiger partial charge is 0.476 e. The third kappa shape index (κ3) is 2.23. The third-order valence-corrected chi connectivity index (χ3v) is 3.12. The van der Waals surface area contributed by atoms with Crippen LogP contribution in [0.1, 0.15) is 27.3 Å². The van der Waals surface area contributed by atoms with Crippen molar-refractivity contribution in [2.45, 2.75) is 19.9 Å². The van der Waals surface area contributed by atoms with Gasteiger partial charge in [-0.05, 0) is 12.5 Å². The van der Waals surface area contributed by atoms with Gasteiger partial charge in [0.25, 0.3) is 0 Å². The molecule has 7 heteroatoms. The number of fused-ring (bicyclic) bond motifs is 1. The van der Waals surface area contributed by atoms with Gasteiger partial charge in [0.1, 0.15) is 0 Å². The van der Waals surface area contributed by atoms with E-state index in [2.05, 4.69) is 25.3 Å². The Bertz CT molecular complexity index is 669. The van der Waals surface area contributed by atoms with Gasteiger partial charge in [0, 0.05) is 37.5 Å². The van der Waals surface area contributed by atoms with Crippen LogP contribution in [0.2, 0.25) is 0 Å². The lowest BCUT2D eigenvalue weighted by Gasteiger charge is -2.18. The number of aromatic nitrogens is 4. The van der Waals surface area contributed by atoms with E-state index in [1.807, 2.05) is 6.92 Å². The van der Waals surface area contributed by atoms with Crippen molar-refractivity contribution in [1.29, 1.82) is 0 Å². The second kappa shape index (κ2) is 4.93. The Labute approximate surface area is 115 Å². The molecule has 1 aliphatic heterocycles. The maximum absolute atomic E-state index is 11.4. The molecule has 2 N–H and O–H groups in total. The minimum atomic E-state index is -1.05. The number of aryl methyl sites for hydroxylation is 1. The summed E-state index contributed by atoms with van der Waals surface area (Å²) in [7, 11) is 0. The van der Waals surface area contributed by atoms with Crippen molar-refractivity contribution in [2.24, 2.45) is 0 Å². The van der Waals surface area contributed by atoms with Crippen LogP contribution in [0.15, 0.2) is 12.4 Å². The minimum absolute atomic E-state index is 0.0291. The molecule has 0 aliphatic carbocycles. The van der Waals surface area contributed by atoms with Gasteiger partial charge in [-0.15, -0.1) is 0 Å². The maximum Gasteiger partial charge on any atom is 0.354 e. The lowest BCUT2D eigenvalue weighted by Crippen LogP contribution is -2.28. The fourth-order valence-electron chi connectivity index (χ4n) is 2.13. The summed E-state index contributed by atoms with van der Waals surface area (Å²) in [6.45, 7) is 3.13. The second-order valence-electron chi connectivity index (χ2n) is 4.64. The first kappa shape index (κ1) is 12.6. The van der Waals surface area contributed by atoms with Crippen LogP contribution >= 0.6 is 0 Å². The van der Waals surface area contributed by atoms with Crippen LogP contribution in [0.4, 0.5) is 0 Å². The van der Waals surface area contributed by atoms with E-state index in [-0.39, 0.29) is 11.5 Å². The molecule has 0 bridgehead atoms. The molecule has 20 heavy (non-hydrogen) atoms. The van der Waals surface area contributed by atoms with Crippen LogP contribution in [-0.2, 0) is 13.0 Å². The number of rotatable bonds is 2. The normalized spacial score (nSPS) is 13.8. The SMILES string of the molecule is Cc1cnc(-c2nc3c(c(C(=O)O)n2)CNCC3)nc1. The molecule has 0 saturated heterocycles. The van der Waals surface area contributed by atoms with E-state index in [1.165, 1.54) is 0 Å². The summed E-state index contributed by atoms with van der Waals surface area (Å²) in [5.41, 5.74) is 2.37. The monoisotopic (exact) mass is 271 g/mol. The van der Waals surface area contributed by atoms with Gasteiger partial charge in [0.2, 0.25) is 0 Å². The summed E-state index contributed by atoms with van der Waals surface area (Å²) in [4.78, 5) is 28.2. The van der Waals surface area contributed by atoms with Gasteiger partial charge in [-0.2, -0.15) is 0 Å². The first-order valence-corrected chi connectivity index (χ1v) is 6.28. The predicted molar refractivity (Wildman–Crippen MR) is 70.2 cm³/mol. The molecule has 0 radical (unpaired) electrons. The summed E-state index contributed by atoms with van der Waals surface area (Å²) in [6, 6.07) is 0. The molecular formula is C13H13N5O2. The second-order valence-corrected chi connectivity index (χ2v) is 4.64. The van der Waals surface area contributed by atoms with Crippen LogP contribution in [0.25, 0.3) is 11.6 Å². The zero-order chi connectivity index (χ0) is 14.1. The van der Waals surface area contributed by atoms with Crippen LogP contribution in [0.5, 0.6) is 0 Å². The smallest absolute Gasteiger partial charge is 0.354 e. The number of hydrogen-bond donors (Lipinski definition) is 2. The standard InChI is InChI=1S/C13H13N5O2/c1-7-4-15-11(16-5-7)12-17-9-2-3-14-6-8(9)10(18-12)13(19)20/h4-5,14H,2-3,6H2,1H3,(H,19,20). The number of carboxylic acid groups (broad SMARTS) is 1. The summed E-state index contributed by atoms with van der Waals surface area (Å²) in [5, 5.41) is 12.4. The molecule has 0 saturated carbocycles. The van der Waals surface area contributed by atoms with Crippen molar-refractivity contribution in [3.05, 3.63) is 34.9 Å². The van der Waals surface area contributed by atoms with Gasteiger partial charge >= 0.3 is 5.97 Å². The van der Waals surface area contributed by atoms with Crippen molar-refractivity contribution >= 4 is 5.97 Å². The van der Waals surface area contributed by atoms with Gasteiger partial charge < -0.3 is 10.4 Å². The Balaban J connectivity index is 2.14. The van der Waals surface area contributed by atoms with Gasteiger partial charge in [-0.1, -0.05) is 0 Å². The van der Waals surface area contributed by atoms with Crippen molar-refractivity contribution in [2.75, 3.05) is 6.54 Å². The first-order valence-electron chi connectivity index (χ1n) is 6.28. The number of carboxylic acids is 1. The lowest BCUT2D eigenvalue weighted by molar-refractivity contribution is 0.0688. The number of aromatic carboxylic acids is 1. The fourth-order valence-corrected chi connectivity index (χ4v) is 2.13. The van der Waals surface area contributed by atoms with Gasteiger partial charge in [0.15, 0.2) is 17.3 Å². The molecular weight excluding hydrogens is 258 g/mol. The first-order chi connectivity index (χ1) is 9.65. The lowest BCUT2D eigenvalue weighted by atomic mass is 10.1. The van der Waals surface area contributed by atoms with Gasteiger partial charge in [-0.3, -0.25) is 0 Å². The van der Waals surface area contributed by atoms with Crippen molar-refractivity contribution in [3.63, 3.8) is 0 Å². The van der Waals surface area contributed by atoms with E-state index < -0.39 is 5.97 Å². The molecule has 3 heterocycles. The minimum Gasteiger partial charge on any atom is -0.476 e. The highest BCUT2D eigenvalue weighted by Crippen LogP contribution is 2.19. The zero-order valence-electron chi connectivity index (χ0n) is 10.9. The average Bonchev–Trinajstić information content (AvgIpc) is 2.46. The Hall–Kier alpha value is -2.41. The van der Waals surface area contributed by atoms with E-state index in [4.69, 9.17) is 0 Å². The summed E-state index contributed by atoms with van der Waals surface area (Å²) >= 11 is 0. The van der Waals surface area contributed by atoms with Crippen molar-refractivity contribution < 1.29 is 9.90 Å². The Morgan fingerprint density at radius 3 is 2.70 bits per heavy atom. The fraction of sp³-hybridized carbons (Fsp3) is 0.308. The summed E-state index contributed by atoms with van der Waals surface area (Å²) in [6.07, 6.45) is 4.00. The average molecular weight is 271 g/mol. The molecule has 0 aromatic carbocycles. The molecule has 3 rings (SSSR count). The molecule has 0 atom stereocenters. The molecule has 2 aromatic heterocycles. The molecule has 0 fully saturated rings. The molecule has 0 amide bonds. The Morgan fingerprint density at radius 2 is 2.00 bits per heavy atom. The third-order valence-electron chi connectivity index (χ3n) is 3.12. The number of carbonyl (C=O) groups is 1. The Morgan fingerprint density at radius 1 is 1.25 bits per heavy atom. The zero-order valence-corrected chi connectivity index (χ0v) is 10.9. The van der Waals surface area contributed by atoms with E-state index >= 15 is 0 Å². The number of nitrogens with zero attached hydrogens (tertiary/aromatic N) is 4. The molecule has 2 aromatic rings.